The second kappa shape index (κ2) is 4.95. The highest BCUT2D eigenvalue weighted by atomic mass is 35.5. The van der Waals surface area contributed by atoms with Crippen molar-refractivity contribution in [1.29, 1.82) is 0 Å². The third-order valence-corrected chi connectivity index (χ3v) is 3.18. The number of hydrogen-bond donors (Lipinski definition) is 1. The van der Waals surface area contributed by atoms with E-state index in [2.05, 4.69) is 4.98 Å². The van der Waals surface area contributed by atoms with E-state index < -0.39 is 0 Å². The lowest BCUT2D eigenvalue weighted by atomic mass is 10.3. The molecule has 1 heterocycles. The standard InChI is InChI=1S/C11H7Cl2NOS/c12-10-5-9(6-11(13)14-10)16-8-3-1-7(15)2-4-8/h1-6,15H. The van der Waals surface area contributed by atoms with Gasteiger partial charge < -0.3 is 5.11 Å². The Hall–Kier alpha value is -0.900. The van der Waals surface area contributed by atoms with Crippen molar-refractivity contribution >= 4 is 35.0 Å². The Balaban J connectivity index is 2.23. The number of phenolic OH excluding ortho intramolecular Hbond substituents is 1. The minimum Gasteiger partial charge on any atom is -0.508 e. The summed E-state index contributed by atoms with van der Waals surface area (Å²) in [6.45, 7) is 0. The molecule has 0 aliphatic heterocycles. The van der Waals surface area contributed by atoms with Crippen LogP contribution in [0.5, 0.6) is 5.75 Å². The Morgan fingerprint density at radius 3 is 2.06 bits per heavy atom. The molecule has 1 aromatic heterocycles. The fraction of sp³-hybridized carbons (Fsp3) is 0. The highest BCUT2D eigenvalue weighted by molar-refractivity contribution is 7.99. The Morgan fingerprint density at radius 2 is 1.50 bits per heavy atom. The van der Waals surface area contributed by atoms with Crippen molar-refractivity contribution in [3.8, 4) is 5.75 Å². The van der Waals surface area contributed by atoms with E-state index in [1.54, 1.807) is 24.3 Å². The van der Waals surface area contributed by atoms with E-state index in [0.717, 1.165) is 9.79 Å². The molecule has 0 aliphatic rings. The maximum absolute atomic E-state index is 9.15. The molecule has 0 radical (unpaired) electrons. The molecule has 0 unspecified atom stereocenters. The Bertz CT molecular complexity index is 482. The van der Waals surface area contributed by atoms with Gasteiger partial charge in [0.25, 0.3) is 0 Å². The SMILES string of the molecule is Oc1ccc(Sc2cc(Cl)nc(Cl)c2)cc1. The predicted molar refractivity (Wildman–Crippen MR) is 66.5 cm³/mol. The summed E-state index contributed by atoms with van der Waals surface area (Å²) in [5.41, 5.74) is 0. The topological polar surface area (TPSA) is 33.1 Å². The molecule has 16 heavy (non-hydrogen) atoms. The molecule has 0 bridgehead atoms. The van der Waals surface area contributed by atoms with Crippen LogP contribution < -0.4 is 0 Å². The van der Waals surface area contributed by atoms with E-state index in [4.69, 9.17) is 28.3 Å². The zero-order valence-corrected chi connectivity index (χ0v) is 10.4. The average molecular weight is 272 g/mol. The largest absolute Gasteiger partial charge is 0.508 e. The zero-order chi connectivity index (χ0) is 11.5. The number of aromatic hydroxyl groups is 1. The third kappa shape index (κ3) is 3.04. The maximum atomic E-state index is 9.15. The van der Waals surface area contributed by atoms with Gasteiger partial charge in [-0.15, -0.1) is 0 Å². The first kappa shape index (κ1) is 11.6. The molecule has 1 aromatic carbocycles. The van der Waals surface area contributed by atoms with Crippen molar-refractivity contribution < 1.29 is 5.11 Å². The van der Waals surface area contributed by atoms with Crippen molar-refractivity contribution in [3.05, 3.63) is 46.7 Å². The monoisotopic (exact) mass is 271 g/mol. The van der Waals surface area contributed by atoms with Crippen molar-refractivity contribution in [3.63, 3.8) is 0 Å². The van der Waals surface area contributed by atoms with Crippen LogP contribution in [-0.2, 0) is 0 Å². The van der Waals surface area contributed by atoms with Crippen LogP contribution in [0, 0.1) is 0 Å². The van der Waals surface area contributed by atoms with Crippen molar-refractivity contribution in [2.24, 2.45) is 0 Å². The maximum Gasteiger partial charge on any atom is 0.131 e. The normalized spacial score (nSPS) is 10.4. The molecule has 0 atom stereocenters. The van der Waals surface area contributed by atoms with Crippen LogP contribution in [-0.4, -0.2) is 10.1 Å². The Morgan fingerprint density at radius 1 is 0.938 bits per heavy atom. The fourth-order valence-corrected chi connectivity index (χ4v) is 2.63. The molecule has 2 aromatic rings. The summed E-state index contributed by atoms with van der Waals surface area (Å²) < 4.78 is 0. The third-order valence-electron chi connectivity index (χ3n) is 1.81. The molecule has 2 nitrogen and oxygen atoms in total. The number of benzene rings is 1. The summed E-state index contributed by atoms with van der Waals surface area (Å²) in [7, 11) is 0. The molecule has 0 amide bonds. The summed E-state index contributed by atoms with van der Waals surface area (Å²) in [4.78, 5) is 5.78. The van der Waals surface area contributed by atoms with Crippen LogP contribution in [0.4, 0.5) is 0 Å². The molecule has 1 N–H and O–H groups in total. The Labute approximate surface area is 107 Å². The molecule has 0 spiro atoms. The average Bonchev–Trinajstić information content (AvgIpc) is 2.20. The van der Waals surface area contributed by atoms with Gasteiger partial charge in [-0.1, -0.05) is 35.0 Å². The number of phenols is 1. The van der Waals surface area contributed by atoms with Gasteiger partial charge in [-0.3, -0.25) is 0 Å². The van der Waals surface area contributed by atoms with Crippen molar-refractivity contribution in [1.82, 2.24) is 4.98 Å². The van der Waals surface area contributed by atoms with Gasteiger partial charge in [0.15, 0.2) is 0 Å². The van der Waals surface area contributed by atoms with Crippen LogP contribution in [0.1, 0.15) is 0 Å². The van der Waals surface area contributed by atoms with Crippen molar-refractivity contribution in [2.45, 2.75) is 9.79 Å². The lowest BCUT2D eigenvalue weighted by Gasteiger charge is -2.02. The van der Waals surface area contributed by atoms with Gasteiger partial charge in [0.05, 0.1) is 0 Å². The molecule has 0 saturated heterocycles. The first-order valence-electron chi connectivity index (χ1n) is 4.43. The fourth-order valence-electron chi connectivity index (χ4n) is 1.15. The quantitative estimate of drug-likeness (QED) is 0.830. The Kier molecular flexibility index (Phi) is 3.59. The minimum atomic E-state index is 0.246. The van der Waals surface area contributed by atoms with Crippen LogP contribution in [0.3, 0.4) is 0 Å². The molecule has 0 saturated carbocycles. The summed E-state index contributed by atoms with van der Waals surface area (Å²) in [6, 6.07) is 10.4. The first-order chi connectivity index (χ1) is 7.63. The van der Waals surface area contributed by atoms with Crippen LogP contribution >= 0.6 is 35.0 Å². The van der Waals surface area contributed by atoms with Crippen LogP contribution in [0.15, 0.2) is 46.2 Å². The van der Waals surface area contributed by atoms with Crippen LogP contribution in [0.2, 0.25) is 10.3 Å². The molecule has 2 rings (SSSR count). The van der Waals surface area contributed by atoms with E-state index in [1.807, 2.05) is 12.1 Å². The second-order valence-electron chi connectivity index (χ2n) is 3.04. The minimum absolute atomic E-state index is 0.246. The lowest BCUT2D eigenvalue weighted by molar-refractivity contribution is 0.475. The van der Waals surface area contributed by atoms with Crippen molar-refractivity contribution in [2.75, 3.05) is 0 Å². The number of nitrogens with zero attached hydrogens (tertiary/aromatic N) is 1. The molecule has 0 aliphatic carbocycles. The summed E-state index contributed by atoms with van der Waals surface area (Å²) in [6.07, 6.45) is 0. The van der Waals surface area contributed by atoms with Gasteiger partial charge in [0, 0.05) is 9.79 Å². The molecule has 0 fully saturated rings. The molecule has 82 valence electrons. The number of aromatic nitrogens is 1. The van der Waals surface area contributed by atoms with Gasteiger partial charge in [-0.2, -0.15) is 0 Å². The summed E-state index contributed by atoms with van der Waals surface area (Å²) in [5.74, 6) is 0.246. The number of halogens is 2. The number of pyridine rings is 1. The summed E-state index contributed by atoms with van der Waals surface area (Å²) >= 11 is 13.1. The second-order valence-corrected chi connectivity index (χ2v) is 4.97. The van der Waals surface area contributed by atoms with E-state index in [1.165, 1.54) is 11.8 Å². The highest BCUT2D eigenvalue weighted by Crippen LogP contribution is 2.31. The van der Waals surface area contributed by atoms with Gasteiger partial charge in [0.1, 0.15) is 16.1 Å². The van der Waals surface area contributed by atoms with E-state index in [9.17, 15) is 0 Å². The molecular weight excluding hydrogens is 265 g/mol. The number of hydrogen-bond acceptors (Lipinski definition) is 3. The van der Waals surface area contributed by atoms with Gasteiger partial charge in [-0.25, -0.2) is 4.98 Å². The lowest BCUT2D eigenvalue weighted by Crippen LogP contribution is -1.79. The van der Waals surface area contributed by atoms with E-state index >= 15 is 0 Å². The van der Waals surface area contributed by atoms with E-state index in [-0.39, 0.29) is 5.75 Å². The van der Waals surface area contributed by atoms with Crippen LogP contribution in [0.25, 0.3) is 0 Å². The first-order valence-corrected chi connectivity index (χ1v) is 6.01. The number of rotatable bonds is 2. The smallest absolute Gasteiger partial charge is 0.131 e. The molecular formula is C11H7Cl2NOS. The highest BCUT2D eigenvalue weighted by Gasteiger charge is 2.02. The zero-order valence-electron chi connectivity index (χ0n) is 8.02. The van der Waals surface area contributed by atoms with Gasteiger partial charge >= 0.3 is 0 Å². The van der Waals surface area contributed by atoms with Gasteiger partial charge in [0.2, 0.25) is 0 Å². The molecule has 5 heteroatoms. The van der Waals surface area contributed by atoms with E-state index in [0.29, 0.717) is 10.3 Å². The predicted octanol–water partition coefficient (Wildman–Crippen LogP) is 4.25. The van der Waals surface area contributed by atoms with Gasteiger partial charge in [-0.05, 0) is 36.4 Å². The summed E-state index contributed by atoms with van der Waals surface area (Å²) in [5, 5.41) is 9.89.